The van der Waals surface area contributed by atoms with Crippen LogP contribution in [0.25, 0.3) is 0 Å². The molecule has 0 aromatic carbocycles. The lowest BCUT2D eigenvalue weighted by atomic mass is 10.0. The number of rotatable bonds is 3. The molecule has 150 valence electrons. The van der Waals surface area contributed by atoms with Crippen molar-refractivity contribution in [2.75, 3.05) is 27.2 Å². The second-order valence-corrected chi connectivity index (χ2v) is 7.46. The summed E-state index contributed by atoms with van der Waals surface area (Å²) in [6.07, 6.45) is 3.61. The number of amidine groups is 1. The van der Waals surface area contributed by atoms with E-state index in [0.29, 0.717) is 12.6 Å². The highest BCUT2D eigenvalue weighted by Gasteiger charge is 2.44. The molecule has 1 fully saturated rings. The van der Waals surface area contributed by atoms with Gasteiger partial charge in [0.1, 0.15) is 6.21 Å². The average Bonchev–Trinajstić information content (AvgIpc) is 3.13. The summed E-state index contributed by atoms with van der Waals surface area (Å²) in [5.41, 5.74) is 0.244. The second-order valence-electron chi connectivity index (χ2n) is 7.46. The monoisotopic (exact) mass is 389 g/mol. The van der Waals surface area contributed by atoms with Crippen molar-refractivity contribution in [1.82, 2.24) is 20.4 Å². The van der Waals surface area contributed by atoms with E-state index < -0.39 is 29.7 Å². The molecule has 0 aromatic heterocycles. The number of hydrogen-bond donors (Lipinski definition) is 2. The van der Waals surface area contributed by atoms with Crippen LogP contribution >= 0.6 is 0 Å². The molecule has 2 unspecified atom stereocenters. The van der Waals surface area contributed by atoms with Crippen LogP contribution in [0.3, 0.4) is 0 Å². The van der Waals surface area contributed by atoms with Crippen molar-refractivity contribution >= 4 is 35.8 Å². The molecule has 2 N–H and O–H groups in total. The largest absolute Gasteiger partial charge is 0.445 e. The van der Waals surface area contributed by atoms with Gasteiger partial charge >= 0.3 is 23.8 Å². The van der Waals surface area contributed by atoms with Crippen LogP contribution in [-0.4, -0.2) is 89.4 Å². The predicted molar refractivity (Wildman–Crippen MR) is 101 cm³/mol. The highest BCUT2D eigenvalue weighted by molar-refractivity contribution is 6.36. The van der Waals surface area contributed by atoms with Gasteiger partial charge in [0.05, 0.1) is 19.8 Å². The van der Waals surface area contributed by atoms with Crippen molar-refractivity contribution in [3.05, 3.63) is 11.8 Å². The molecule has 28 heavy (non-hydrogen) atoms. The van der Waals surface area contributed by atoms with E-state index >= 15 is 0 Å². The van der Waals surface area contributed by atoms with Crippen molar-refractivity contribution in [2.45, 2.75) is 32.4 Å². The number of amides is 5. The third-order valence-corrected chi connectivity index (χ3v) is 5.22. The molecular weight excluding hydrogens is 364 g/mol. The molecule has 1 saturated heterocycles. The Balaban J connectivity index is 1.63. The molecule has 2 atom stereocenters. The van der Waals surface area contributed by atoms with Crippen molar-refractivity contribution in [3.63, 3.8) is 0 Å². The number of nitrogens with zero attached hydrogens (tertiary/aromatic N) is 4. The van der Waals surface area contributed by atoms with Gasteiger partial charge in [-0.2, -0.15) is 9.48 Å². The van der Waals surface area contributed by atoms with Crippen molar-refractivity contribution in [2.24, 2.45) is 10.9 Å². The van der Waals surface area contributed by atoms with E-state index in [-0.39, 0.29) is 17.6 Å². The molecular formula is C18H25N6O4+. The number of aliphatic imine (C=N–C) groups is 1. The van der Waals surface area contributed by atoms with Gasteiger partial charge in [0.2, 0.25) is 0 Å². The molecule has 0 bridgehead atoms. The van der Waals surface area contributed by atoms with Gasteiger partial charge in [-0.1, -0.05) is 0 Å². The Morgan fingerprint density at radius 2 is 2.00 bits per heavy atom. The Bertz CT molecular complexity index is 828. The van der Waals surface area contributed by atoms with Crippen LogP contribution in [0.2, 0.25) is 0 Å². The lowest BCUT2D eigenvalue weighted by molar-refractivity contribution is -0.407. The Morgan fingerprint density at radius 3 is 2.64 bits per heavy atom. The first-order valence-electron chi connectivity index (χ1n) is 9.23. The Morgan fingerprint density at radius 1 is 1.29 bits per heavy atom. The fraction of sp³-hybridized carbons (Fsp3) is 0.556. The summed E-state index contributed by atoms with van der Waals surface area (Å²) in [6.45, 7) is 5.77. The highest BCUT2D eigenvalue weighted by Crippen LogP contribution is 2.18. The molecule has 10 nitrogen and oxygen atoms in total. The van der Waals surface area contributed by atoms with E-state index in [1.54, 1.807) is 0 Å². The number of fused-ring (bicyclic) bond motifs is 1. The van der Waals surface area contributed by atoms with Gasteiger partial charge in [0.15, 0.2) is 5.92 Å². The molecule has 3 aliphatic rings. The molecule has 3 aliphatic heterocycles. The summed E-state index contributed by atoms with van der Waals surface area (Å²) < 4.78 is 1.28. The van der Waals surface area contributed by atoms with Gasteiger partial charge in [-0.15, -0.1) is 4.99 Å². The fourth-order valence-corrected chi connectivity index (χ4v) is 3.50. The van der Waals surface area contributed by atoms with E-state index in [4.69, 9.17) is 0 Å². The smallest absolute Gasteiger partial charge is 0.344 e. The first-order valence-corrected chi connectivity index (χ1v) is 9.23. The number of carbonyl (C=O) groups excluding carboxylic acids is 4. The van der Waals surface area contributed by atoms with E-state index in [1.807, 2.05) is 0 Å². The van der Waals surface area contributed by atoms with E-state index in [9.17, 15) is 19.2 Å². The Kier molecular flexibility index (Phi) is 5.41. The van der Waals surface area contributed by atoms with E-state index in [2.05, 4.69) is 34.4 Å². The second kappa shape index (κ2) is 7.63. The van der Waals surface area contributed by atoms with Gasteiger partial charge in [-0.25, -0.2) is 4.79 Å². The highest BCUT2D eigenvalue weighted by atomic mass is 16.2. The lowest BCUT2D eigenvalue weighted by Gasteiger charge is -2.23. The number of dihydropyridines is 1. The molecule has 10 heteroatoms. The fourth-order valence-electron chi connectivity index (χ4n) is 3.50. The Hall–Kier alpha value is -2.88. The lowest BCUT2D eigenvalue weighted by Crippen LogP contribution is -2.52. The standard InChI is InChI=1S/C18H24N6O4/c1-10(2)24-6-5-11(9-24)20-15(25)16(26)21-12-7-13-14(19-8-12)22(3)18(28)23(4)17(13)27/h7-8,10-11,13H,5-6,9H2,1-4H3,(H-,20,21,25,26)/p+1. The number of imide groups is 1. The molecule has 3 rings (SSSR count). The zero-order valence-corrected chi connectivity index (χ0v) is 16.4. The summed E-state index contributed by atoms with van der Waals surface area (Å²) in [6, 6.07) is -0.149. The summed E-state index contributed by atoms with van der Waals surface area (Å²) in [7, 11) is 2.91. The van der Waals surface area contributed by atoms with E-state index in [0.717, 1.165) is 17.9 Å². The molecule has 0 aromatic rings. The molecule has 0 radical (unpaired) electrons. The maximum Gasteiger partial charge on any atom is 0.445 e. The minimum absolute atomic E-state index is 0.0668. The van der Waals surface area contributed by atoms with Gasteiger partial charge in [0, 0.05) is 25.2 Å². The SMILES string of the molecule is CC(C)N1CCC(NC(=O)C(=O)NC2=CC3C(=O)N(C)C(=O)[N+](C)=C3N=C2)C1. The van der Waals surface area contributed by atoms with Crippen LogP contribution in [-0.2, 0) is 14.4 Å². The van der Waals surface area contributed by atoms with Crippen molar-refractivity contribution < 1.29 is 23.8 Å². The van der Waals surface area contributed by atoms with Crippen molar-refractivity contribution in [3.8, 4) is 0 Å². The minimum Gasteiger partial charge on any atom is -0.344 e. The van der Waals surface area contributed by atoms with Crippen LogP contribution < -0.4 is 10.6 Å². The quantitative estimate of drug-likeness (QED) is 0.471. The average molecular weight is 389 g/mol. The van der Waals surface area contributed by atoms with Gasteiger partial charge in [-0.3, -0.25) is 19.3 Å². The maximum atomic E-state index is 12.3. The number of likely N-dealkylation sites (tertiary alicyclic amines) is 1. The first kappa shape index (κ1) is 19.9. The van der Waals surface area contributed by atoms with Crippen LogP contribution in [0.1, 0.15) is 20.3 Å². The van der Waals surface area contributed by atoms with Crippen LogP contribution in [0.15, 0.2) is 16.8 Å². The van der Waals surface area contributed by atoms with Crippen LogP contribution in [0, 0.1) is 5.92 Å². The number of allylic oxidation sites excluding steroid dienone is 1. The van der Waals surface area contributed by atoms with Gasteiger partial charge in [0.25, 0.3) is 5.84 Å². The number of urea groups is 1. The summed E-state index contributed by atoms with van der Waals surface area (Å²) >= 11 is 0. The summed E-state index contributed by atoms with van der Waals surface area (Å²) in [4.78, 5) is 56.1. The Labute approximate surface area is 163 Å². The van der Waals surface area contributed by atoms with E-state index in [1.165, 1.54) is 31.0 Å². The minimum atomic E-state index is -0.815. The molecule has 0 spiro atoms. The van der Waals surface area contributed by atoms with Gasteiger partial charge < -0.3 is 10.6 Å². The molecule has 5 amide bonds. The third kappa shape index (κ3) is 3.72. The number of hydrogen-bond acceptors (Lipinski definition) is 6. The predicted octanol–water partition coefficient (Wildman–Crippen LogP) is -1.08. The molecule has 3 heterocycles. The topological polar surface area (TPSA) is 114 Å². The molecule has 0 saturated carbocycles. The molecule has 0 aliphatic carbocycles. The summed E-state index contributed by atoms with van der Waals surface area (Å²) in [5, 5.41) is 5.22. The van der Waals surface area contributed by atoms with Crippen LogP contribution in [0.5, 0.6) is 0 Å². The summed E-state index contributed by atoms with van der Waals surface area (Å²) in [5.74, 6) is -2.48. The zero-order chi connectivity index (χ0) is 20.6. The van der Waals surface area contributed by atoms with Crippen LogP contribution in [0.4, 0.5) is 4.79 Å². The first-order chi connectivity index (χ1) is 13.2. The number of carbonyl (C=O) groups is 4. The maximum absolute atomic E-state index is 12.3. The normalized spacial score (nSPS) is 25.2. The van der Waals surface area contributed by atoms with Gasteiger partial charge in [-0.05, 0) is 26.3 Å². The van der Waals surface area contributed by atoms with Crippen molar-refractivity contribution in [1.29, 1.82) is 0 Å². The zero-order valence-electron chi connectivity index (χ0n) is 16.4. The number of nitrogens with one attached hydrogen (secondary N) is 2. The third-order valence-electron chi connectivity index (χ3n) is 5.22.